The van der Waals surface area contributed by atoms with Gasteiger partial charge in [-0.3, -0.25) is 4.98 Å². The van der Waals surface area contributed by atoms with Crippen LogP contribution in [0.5, 0.6) is 5.75 Å². The van der Waals surface area contributed by atoms with Crippen molar-refractivity contribution < 1.29 is 13.2 Å². The van der Waals surface area contributed by atoms with E-state index in [1.165, 1.54) is 18.4 Å². The van der Waals surface area contributed by atoms with Crippen LogP contribution in [0.1, 0.15) is 5.69 Å². The molecule has 0 bridgehead atoms. The third kappa shape index (κ3) is 3.94. The predicted octanol–water partition coefficient (Wildman–Crippen LogP) is 2.72. The molecule has 0 aliphatic rings. The van der Waals surface area contributed by atoms with Gasteiger partial charge in [0.25, 0.3) is 0 Å². The SMILES string of the molecule is CS(=O)(=O)c1ccc(OCc2cc(Cl)ccn2)cc1. The number of hydrogen-bond donors (Lipinski definition) is 0. The normalized spacial score (nSPS) is 11.3. The average Bonchev–Trinajstić information content (AvgIpc) is 2.36. The molecule has 1 aromatic heterocycles. The van der Waals surface area contributed by atoms with Crippen molar-refractivity contribution in [3.63, 3.8) is 0 Å². The molecule has 6 heteroatoms. The molecule has 19 heavy (non-hydrogen) atoms. The molecule has 0 saturated carbocycles. The maximum Gasteiger partial charge on any atom is 0.175 e. The van der Waals surface area contributed by atoms with Crippen molar-refractivity contribution in [1.82, 2.24) is 4.98 Å². The summed E-state index contributed by atoms with van der Waals surface area (Å²) in [7, 11) is -3.18. The summed E-state index contributed by atoms with van der Waals surface area (Å²) in [6, 6.07) is 9.65. The molecule has 4 nitrogen and oxygen atoms in total. The Labute approximate surface area is 116 Å². The van der Waals surface area contributed by atoms with Crippen molar-refractivity contribution >= 4 is 21.4 Å². The molecule has 0 aliphatic heterocycles. The van der Waals surface area contributed by atoms with Crippen LogP contribution in [0.3, 0.4) is 0 Å². The Kier molecular flexibility index (Phi) is 4.07. The first-order chi connectivity index (χ1) is 8.95. The van der Waals surface area contributed by atoms with E-state index in [4.69, 9.17) is 16.3 Å². The van der Waals surface area contributed by atoms with Gasteiger partial charge in [0.1, 0.15) is 12.4 Å². The average molecular weight is 298 g/mol. The molecule has 0 radical (unpaired) electrons. The van der Waals surface area contributed by atoms with E-state index in [-0.39, 0.29) is 11.5 Å². The number of ether oxygens (including phenoxy) is 1. The van der Waals surface area contributed by atoms with Crippen LogP contribution in [-0.2, 0) is 16.4 Å². The van der Waals surface area contributed by atoms with Crippen LogP contribution in [0.2, 0.25) is 5.02 Å². The van der Waals surface area contributed by atoms with Gasteiger partial charge in [0.2, 0.25) is 0 Å². The zero-order chi connectivity index (χ0) is 13.9. The molecule has 0 aliphatic carbocycles. The quantitative estimate of drug-likeness (QED) is 0.870. The molecule has 0 amide bonds. The van der Waals surface area contributed by atoms with Crippen LogP contribution in [0.4, 0.5) is 0 Å². The number of rotatable bonds is 4. The van der Waals surface area contributed by atoms with Gasteiger partial charge in [-0.1, -0.05) is 11.6 Å². The lowest BCUT2D eigenvalue weighted by molar-refractivity contribution is 0.301. The maximum atomic E-state index is 11.3. The summed E-state index contributed by atoms with van der Waals surface area (Å²) in [5.74, 6) is 0.578. The number of nitrogens with zero attached hydrogens (tertiary/aromatic N) is 1. The minimum atomic E-state index is -3.18. The van der Waals surface area contributed by atoms with Gasteiger partial charge < -0.3 is 4.74 Å². The van der Waals surface area contributed by atoms with Crippen molar-refractivity contribution in [2.75, 3.05) is 6.26 Å². The Morgan fingerprint density at radius 3 is 2.47 bits per heavy atom. The monoisotopic (exact) mass is 297 g/mol. The number of aromatic nitrogens is 1. The molecule has 0 unspecified atom stereocenters. The van der Waals surface area contributed by atoms with Gasteiger partial charge >= 0.3 is 0 Å². The standard InChI is InChI=1S/C13H12ClNO3S/c1-19(16,17)13-4-2-12(3-5-13)18-9-11-8-10(14)6-7-15-11/h2-8H,9H2,1H3. The number of benzene rings is 1. The van der Waals surface area contributed by atoms with Crippen LogP contribution in [0.15, 0.2) is 47.5 Å². The summed E-state index contributed by atoms with van der Waals surface area (Å²) in [5.41, 5.74) is 0.708. The van der Waals surface area contributed by atoms with Crippen LogP contribution in [-0.4, -0.2) is 19.7 Å². The summed E-state index contributed by atoms with van der Waals surface area (Å²) < 4.78 is 28.1. The molecule has 0 atom stereocenters. The number of sulfone groups is 1. The molecule has 1 aromatic carbocycles. The van der Waals surface area contributed by atoms with E-state index in [9.17, 15) is 8.42 Å². The van der Waals surface area contributed by atoms with Gasteiger partial charge in [0.15, 0.2) is 9.84 Å². The zero-order valence-corrected chi connectivity index (χ0v) is 11.8. The second-order valence-corrected chi connectivity index (χ2v) is 6.45. The highest BCUT2D eigenvalue weighted by molar-refractivity contribution is 7.90. The van der Waals surface area contributed by atoms with E-state index in [1.807, 2.05) is 0 Å². The minimum absolute atomic E-state index is 0.265. The molecule has 2 rings (SSSR count). The van der Waals surface area contributed by atoms with Crippen molar-refractivity contribution in [1.29, 1.82) is 0 Å². The van der Waals surface area contributed by atoms with Crippen molar-refractivity contribution in [3.8, 4) is 5.75 Å². The zero-order valence-electron chi connectivity index (χ0n) is 10.2. The van der Waals surface area contributed by atoms with Gasteiger partial charge in [0, 0.05) is 17.5 Å². The lowest BCUT2D eigenvalue weighted by Crippen LogP contribution is -1.99. The minimum Gasteiger partial charge on any atom is -0.487 e. The largest absolute Gasteiger partial charge is 0.487 e. The topological polar surface area (TPSA) is 56.3 Å². The van der Waals surface area contributed by atoms with Crippen LogP contribution >= 0.6 is 11.6 Å². The first kappa shape index (κ1) is 13.8. The van der Waals surface area contributed by atoms with Crippen molar-refractivity contribution in [2.45, 2.75) is 11.5 Å². The molecule has 100 valence electrons. The fourth-order valence-corrected chi connectivity index (χ4v) is 2.28. The van der Waals surface area contributed by atoms with E-state index in [1.54, 1.807) is 30.5 Å². The molecule has 1 heterocycles. The lowest BCUT2D eigenvalue weighted by atomic mass is 10.3. The highest BCUT2D eigenvalue weighted by Gasteiger charge is 2.06. The van der Waals surface area contributed by atoms with Gasteiger partial charge in [-0.25, -0.2) is 8.42 Å². The van der Waals surface area contributed by atoms with Gasteiger partial charge in [-0.15, -0.1) is 0 Å². The Morgan fingerprint density at radius 2 is 1.89 bits per heavy atom. The second kappa shape index (κ2) is 5.59. The summed E-state index contributed by atoms with van der Waals surface area (Å²) in [6.07, 6.45) is 2.77. The van der Waals surface area contributed by atoms with E-state index in [2.05, 4.69) is 4.98 Å². The van der Waals surface area contributed by atoms with Gasteiger partial charge in [0.05, 0.1) is 10.6 Å². The first-order valence-corrected chi connectivity index (χ1v) is 7.75. The Balaban J connectivity index is 2.05. The first-order valence-electron chi connectivity index (χ1n) is 5.48. The van der Waals surface area contributed by atoms with E-state index >= 15 is 0 Å². The summed E-state index contributed by atoms with van der Waals surface area (Å²) in [4.78, 5) is 4.37. The van der Waals surface area contributed by atoms with Crippen LogP contribution in [0.25, 0.3) is 0 Å². The Morgan fingerprint density at radius 1 is 1.21 bits per heavy atom. The molecule has 2 aromatic rings. The van der Waals surface area contributed by atoms with E-state index in [0.717, 1.165) is 0 Å². The van der Waals surface area contributed by atoms with E-state index < -0.39 is 9.84 Å². The lowest BCUT2D eigenvalue weighted by Gasteiger charge is -2.06. The highest BCUT2D eigenvalue weighted by atomic mass is 35.5. The van der Waals surface area contributed by atoms with Crippen molar-refractivity contribution in [2.24, 2.45) is 0 Å². The van der Waals surface area contributed by atoms with Crippen LogP contribution in [0, 0.1) is 0 Å². The third-order valence-corrected chi connectivity index (χ3v) is 3.78. The van der Waals surface area contributed by atoms with Crippen molar-refractivity contribution in [3.05, 3.63) is 53.3 Å². The molecule has 0 saturated heterocycles. The number of pyridine rings is 1. The van der Waals surface area contributed by atoms with Gasteiger partial charge in [-0.05, 0) is 36.4 Å². The Hall–Kier alpha value is -1.59. The molecule has 0 spiro atoms. The van der Waals surface area contributed by atoms with E-state index in [0.29, 0.717) is 16.5 Å². The summed E-state index contributed by atoms with van der Waals surface area (Å²) in [5, 5.41) is 0.598. The number of halogens is 1. The fraction of sp³-hybridized carbons (Fsp3) is 0.154. The summed E-state index contributed by atoms with van der Waals surface area (Å²) >= 11 is 5.84. The van der Waals surface area contributed by atoms with Gasteiger partial charge in [-0.2, -0.15) is 0 Å². The summed E-state index contributed by atoms with van der Waals surface area (Å²) in [6.45, 7) is 0.277. The predicted molar refractivity (Wildman–Crippen MR) is 73.1 cm³/mol. The molecular weight excluding hydrogens is 286 g/mol. The Bertz CT molecular complexity index is 669. The maximum absolute atomic E-state index is 11.3. The smallest absolute Gasteiger partial charge is 0.175 e. The third-order valence-electron chi connectivity index (χ3n) is 2.42. The second-order valence-electron chi connectivity index (χ2n) is 4.00. The van der Waals surface area contributed by atoms with Crippen LogP contribution < -0.4 is 4.74 Å². The molecular formula is C13H12ClNO3S. The molecule has 0 N–H and O–H groups in total. The number of hydrogen-bond acceptors (Lipinski definition) is 4. The molecule has 0 fully saturated rings. The highest BCUT2D eigenvalue weighted by Crippen LogP contribution is 2.17. The fourth-order valence-electron chi connectivity index (χ4n) is 1.47.